The molecule has 1 aromatic carbocycles. The topological polar surface area (TPSA) is 34.1 Å². The molecule has 0 heterocycles. The molecule has 1 unspecified atom stereocenters. The Morgan fingerprint density at radius 1 is 1.29 bits per heavy atom. The molecule has 114 valence electrons. The van der Waals surface area contributed by atoms with Gasteiger partial charge in [0.25, 0.3) is 0 Å². The van der Waals surface area contributed by atoms with Gasteiger partial charge in [0, 0.05) is 5.92 Å². The quantitative estimate of drug-likeness (QED) is 0.776. The van der Waals surface area contributed by atoms with Gasteiger partial charge in [-0.05, 0) is 37.8 Å². The minimum absolute atomic E-state index is 0.0434. The summed E-state index contributed by atoms with van der Waals surface area (Å²) in [5.74, 6) is 0.275. The SMILES string of the molecule is C=C(C)C1CC(C)(C)C=C1CS(=O)(=O)c1ccc(C)cc1. The zero-order chi connectivity index (χ0) is 15.8. The van der Waals surface area contributed by atoms with Gasteiger partial charge < -0.3 is 0 Å². The van der Waals surface area contributed by atoms with E-state index in [0.29, 0.717) is 4.90 Å². The fourth-order valence-corrected chi connectivity index (χ4v) is 4.44. The van der Waals surface area contributed by atoms with Gasteiger partial charge in [-0.15, -0.1) is 0 Å². The van der Waals surface area contributed by atoms with Gasteiger partial charge >= 0.3 is 0 Å². The van der Waals surface area contributed by atoms with Gasteiger partial charge in [0.05, 0.1) is 10.6 Å². The summed E-state index contributed by atoms with van der Waals surface area (Å²) in [6, 6.07) is 7.08. The molecule has 0 amide bonds. The first-order chi connectivity index (χ1) is 9.61. The lowest BCUT2D eigenvalue weighted by Crippen LogP contribution is -2.14. The van der Waals surface area contributed by atoms with Gasteiger partial charge in [0.2, 0.25) is 0 Å². The van der Waals surface area contributed by atoms with E-state index in [1.54, 1.807) is 12.1 Å². The third-order valence-corrected chi connectivity index (χ3v) is 5.79. The van der Waals surface area contributed by atoms with E-state index >= 15 is 0 Å². The average Bonchev–Trinajstić information content (AvgIpc) is 2.64. The van der Waals surface area contributed by atoms with Gasteiger partial charge in [-0.3, -0.25) is 0 Å². The predicted octanol–water partition coefficient (Wildman–Crippen LogP) is 4.32. The molecule has 0 N–H and O–H groups in total. The van der Waals surface area contributed by atoms with Gasteiger partial charge in [-0.2, -0.15) is 0 Å². The molecule has 2 nitrogen and oxygen atoms in total. The lowest BCUT2D eigenvalue weighted by molar-refractivity contribution is 0.429. The molecule has 21 heavy (non-hydrogen) atoms. The molecule has 1 aliphatic rings. The maximum atomic E-state index is 12.6. The third-order valence-electron chi connectivity index (χ3n) is 4.09. The van der Waals surface area contributed by atoms with Crippen LogP contribution >= 0.6 is 0 Å². The summed E-state index contributed by atoms with van der Waals surface area (Å²) in [4.78, 5) is 0.402. The van der Waals surface area contributed by atoms with Crippen molar-refractivity contribution in [2.75, 3.05) is 5.75 Å². The molecule has 0 saturated carbocycles. The number of rotatable bonds is 4. The third kappa shape index (κ3) is 3.65. The Labute approximate surface area is 128 Å². The molecule has 0 saturated heterocycles. The number of sulfone groups is 1. The maximum absolute atomic E-state index is 12.6. The zero-order valence-electron chi connectivity index (χ0n) is 13.3. The van der Waals surface area contributed by atoms with Crippen LogP contribution in [0.5, 0.6) is 0 Å². The molecular formula is C18H24O2S. The molecular weight excluding hydrogens is 280 g/mol. The van der Waals surface area contributed by atoms with Crippen molar-refractivity contribution in [1.29, 1.82) is 0 Å². The molecule has 0 spiro atoms. The summed E-state index contributed by atoms with van der Waals surface area (Å²) >= 11 is 0. The fourth-order valence-electron chi connectivity index (χ4n) is 3.00. The van der Waals surface area contributed by atoms with Crippen LogP contribution in [0.2, 0.25) is 0 Å². The van der Waals surface area contributed by atoms with Crippen LogP contribution in [0, 0.1) is 18.3 Å². The number of aryl methyl sites for hydroxylation is 1. The van der Waals surface area contributed by atoms with Crippen molar-refractivity contribution in [2.45, 2.75) is 39.0 Å². The Kier molecular flexibility index (Phi) is 4.16. The number of hydrogen-bond acceptors (Lipinski definition) is 2. The number of allylic oxidation sites excluding steroid dienone is 2. The first-order valence-corrected chi connectivity index (χ1v) is 8.92. The van der Waals surface area contributed by atoms with E-state index in [4.69, 9.17) is 0 Å². The first-order valence-electron chi connectivity index (χ1n) is 7.27. The van der Waals surface area contributed by atoms with Crippen LogP contribution < -0.4 is 0 Å². The lowest BCUT2D eigenvalue weighted by atomic mass is 9.87. The van der Waals surface area contributed by atoms with E-state index in [2.05, 4.69) is 26.5 Å². The molecule has 3 heteroatoms. The Morgan fingerprint density at radius 3 is 2.38 bits per heavy atom. The van der Waals surface area contributed by atoms with E-state index in [-0.39, 0.29) is 17.1 Å². The normalized spacial score (nSPS) is 21.1. The fraction of sp³-hybridized carbons (Fsp3) is 0.444. The molecule has 0 aromatic heterocycles. The summed E-state index contributed by atoms with van der Waals surface area (Å²) in [6.07, 6.45) is 3.07. The lowest BCUT2D eigenvalue weighted by Gasteiger charge is -2.18. The highest BCUT2D eigenvalue weighted by molar-refractivity contribution is 7.91. The van der Waals surface area contributed by atoms with Crippen molar-refractivity contribution in [3.05, 3.63) is 53.6 Å². The smallest absolute Gasteiger partial charge is 0.182 e. The molecule has 0 aliphatic heterocycles. The maximum Gasteiger partial charge on any atom is 0.182 e. The minimum Gasteiger partial charge on any atom is -0.223 e. The van der Waals surface area contributed by atoms with Crippen molar-refractivity contribution < 1.29 is 8.42 Å². The Balaban J connectivity index is 2.31. The van der Waals surface area contributed by atoms with Crippen molar-refractivity contribution in [1.82, 2.24) is 0 Å². The standard InChI is InChI=1S/C18H24O2S/c1-13(2)17-11-18(4,5)10-15(17)12-21(19,20)16-8-6-14(3)7-9-16/h6-10,17H,1,11-12H2,2-5H3. The molecule has 0 bridgehead atoms. The number of hydrogen-bond donors (Lipinski definition) is 0. The van der Waals surface area contributed by atoms with Gasteiger partial charge in [-0.1, -0.05) is 55.3 Å². The monoisotopic (exact) mass is 304 g/mol. The molecule has 0 radical (unpaired) electrons. The van der Waals surface area contributed by atoms with Gasteiger partial charge in [-0.25, -0.2) is 8.42 Å². The first kappa shape index (κ1) is 16.0. The molecule has 2 rings (SSSR count). The Hall–Kier alpha value is -1.35. The molecule has 0 fully saturated rings. The number of benzene rings is 1. The van der Waals surface area contributed by atoms with Crippen LogP contribution in [-0.2, 0) is 9.84 Å². The second-order valence-corrected chi connectivity index (χ2v) is 8.87. The van der Waals surface area contributed by atoms with E-state index in [9.17, 15) is 8.42 Å². The largest absolute Gasteiger partial charge is 0.223 e. The summed E-state index contributed by atoms with van der Waals surface area (Å²) in [5.41, 5.74) is 3.15. The van der Waals surface area contributed by atoms with Gasteiger partial charge in [0.1, 0.15) is 0 Å². The van der Waals surface area contributed by atoms with Crippen molar-refractivity contribution in [2.24, 2.45) is 11.3 Å². The van der Waals surface area contributed by atoms with E-state index in [0.717, 1.165) is 23.1 Å². The highest BCUT2D eigenvalue weighted by Gasteiger charge is 2.34. The van der Waals surface area contributed by atoms with Crippen LogP contribution in [0.15, 0.2) is 53.0 Å². The second-order valence-electron chi connectivity index (χ2n) is 6.88. The summed E-state index contributed by atoms with van der Waals surface area (Å²) in [7, 11) is -3.29. The van der Waals surface area contributed by atoms with Crippen molar-refractivity contribution >= 4 is 9.84 Å². The van der Waals surface area contributed by atoms with E-state index in [1.807, 2.05) is 26.0 Å². The molecule has 1 aromatic rings. The van der Waals surface area contributed by atoms with E-state index < -0.39 is 9.84 Å². The average molecular weight is 304 g/mol. The predicted molar refractivity (Wildman–Crippen MR) is 88.0 cm³/mol. The van der Waals surface area contributed by atoms with Crippen LogP contribution in [0.1, 0.15) is 32.8 Å². The molecule has 1 atom stereocenters. The van der Waals surface area contributed by atoms with Crippen molar-refractivity contribution in [3.8, 4) is 0 Å². The Bertz CT molecular complexity index is 676. The van der Waals surface area contributed by atoms with Crippen LogP contribution in [0.4, 0.5) is 0 Å². The highest BCUT2D eigenvalue weighted by Crippen LogP contribution is 2.43. The zero-order valence-corrected chi connectivity index (χ0v) is 14.1. The molecule has 1 aliphatic carbocycles. The van der Waals surface area contributed by atoms with Crippen molar-refractivity contribution in [3.63, 3.8) is 0 Å². The van der Waals surface area contributed by atoms with Gasteiger partial charge in [0.15, 0.2) is 9.84 Å². The summed E-state index contributed by atoms with van der Waals surface area (Å²) < 4.78 is 25.2. The second kappa shape index (κ2) is 5.45. The van der Waals surface area contributed by atoms with Crippen LogP contribution in [-0.4, -0.2) is 14.2 Å². The summed E-state index contributed by atoms with van der Waals surface area (Å²) in [5, 5.41) is 0. The van der Waals surface area contributed by atoms with E-state index in [1.165, 1.54) is 0 Å². The Morgan fingerprint density at radius 2 is 1.86 bits per heavy atom. The minimum atomic E-state index is -3.29. The summed E-state index contributed by atoms with van der Waals surface area (Å²) in [6.45, 7) is 12.3. The van der Waals surface area contributed by atoms with Crippen LogP contribution in [0.25, 0.3) is 0 Å². The highest BCUT2D eigenvalue weighted by atomic mass is 32.2. The van der Waals surface area contributed by atoms with Crippen LogP contribution in [0.3, 0.4) is 0 Å².